The van der Waals surface area contributed by atoms with Crippen LogP contribution in [0.3, 0.4) is 0 Å². The highest BCUT2D eigenvalue weighted by Gasteiger charge is 2.16. The smallest absolute Gasteiger partial charge is 0.261 e. The van der Waals surface area contributed by atoms with Crippen molar-refractivity contribution < 1.29 is 4.79 Å². The molecular formula is C16H16Cl2N4OS. The lowest BCUT2D eigenvalue weighted by Gasteiger charge is -2.06. The van der Waals surface area contributed by atoms with Crippen LogP contribution in [-0.2, 0) is 6.54 Å². The van der Waals surface area contributed by atoms with Crippen molar-refractivity contribution in [2.75, 3.05) is 13.1 Å². The summed E-state index contributed by atoms with van der Waals surface area (Å²) in [7, 11) is 0. The molecular weight excluding hydrogens is 367 g/mol. The van der Waals surface area contributed by atoms with Gasteiger partial charge in [-0.15, -0.1) is 11.3 Å². The molecule has 126 valence electrons. The number of nitrogens with zero attached hydrogens (tertiary/aromatic N) is 2. The molecule has 8 heteroatoms. The minimum atomic E-state index is -0.114. The molecule has 0 saturated heterocycles. The summed E-state index contributed by atoms with van der Waals surface area (Å²) < 4.78 is 1.87. The van der Waals surface area contributed by atoms with Gasteiger partial charge in [0, 0.05) is 28.5 Å². The van der Waals surface area contributed by atoms with Crippen molar-refractivity contribution in [3.05, 3.63) is 50.4 Å². The second-order valence-electron chi connectivity index (χ2n) is 5.35. The van der Waals surface area contributed by atoms with Gasteiger partial charge in [-0.1, -0.05) is 29.3 Å². The Morgan fingerprint density at radius 2 is 2.17 bits per heavy atom. The molecule has 0 spiro atoms. The van der Waals surface area contributed by atoms with Crippen LogP contribution in [0.15, 0.2) is 24.3 Å². The molecule has 3 aromatic rings. The monoisotopic (exact) mass is 382 g/mol. The van der Waals surface area contributed by atoms with Crippen LogP contribution in [-0.4, -0.2) is 28.8 Å². The van der Waals surface area contributed by atoms with Gasteiger partial charge in [-0.3, -0.25) is 9.48 Å². The van der Waals surface area contributed by atoms with Gasteiger partial charge in [0.25, 0.3) is 5.91 Å². The number of hydrogen-bond acceptors (Lipinski definition) is 4. The van der Waals surface area contributed by atoms with Gasteiger partial charge in [-0.05, 0) is 30.7 Å². The van der Waals surface area contributed by atoms with E-state index in [0.717, 1.165) is 21.5 Å². The first kappa shape index (κ1) is 17.2. The van der Waals surface area contributed by atoms with Crippen LogP contribution in [0.1, 0.15) is 20.9 Å². The SMILES string of the molecule is Cc1nn(Cc2ccc(Cl)cc2Cl)c2sc(C(=O)NCCN)cc12. The maximum Gasteiger partial charge on any atom is 0.261 e. The second-order valence-corrected chi connectivity index (χ2v) is 7.23. The zero-order valence-electron chi connectivity index (χ0n) is 13.0. The molecule has 0 aliphatic heterocycles. The first-order chi connectivity index (χ1) is 11.5. The molecule has 0 atom stereocenters. The van der Waals surface area contributed by atoms with Crippen LogP contribution >= 0.6 is 34.5 Å². The predicted octanol–water partition coefficient (Wildman–Crippen LogP) is 3.45. The van der Waals surface area contributed by atoms with E-state index >= 15 is 0 Å². The summed E-state index contributed by atoms with van der Waals surface area (Å²) in [5, 5.41) is 9.51. The van der Waals surface area contributed by atoms with E-state index in [1.807, 2.05) is 23.7 Å². The molecule has 5 nitrogen and oxygen atoms in total. The Kier molecular flexibility index (Phi) is 5.10. The Labute approximate surface area is 153 Å². The number of benzene rings is 1. The molecule has 1 amide bonds. The van der Waals surface area contributed by atoms with Gasteiger partial charge in [-0.25, -0.2) is 0 Å². The van der Waals surface area contributed by atoms with Gasteiger partial charge < -0.3 is 11.1 Å². The molecule has 1 aromatic carbocycles. The van der Waals surface area contributed by atoms with Crippen molar-refractivity contribution in [3.8, 4) is 0 Å². The van der Waals surface area contributed by atoms with Crippen LogP contribution < -0.4 is 11.1 Å². The van der Waals surface area contributed by atoms with E-state index in [4.69, 9.17) is 28.9 Å². The fourth-order valence-corrected chi connectivity index (χ4v) is 3.96. The average Bonchev–Trinajstić information content (AvgIpc) is 3.09. The highest BCUT2D eigenvalue weighted by Crippen LogP contribution is 2.30. The number of carbonyl (C=O) groups is 1. The minimum absolute atomic E-state index is 0.114. The molecule has 3 N–H and O–H groups in total. The summed E-state index contributed by atoms with van der Waals surface area (Å²) in [6.45, 7) is 3.32. The first-order valence-electron chi connectivity index (χ1n) is 7.38. The Balaban J connectivity index is 1.93. The summed E-state index contributed by atoms with van der Waals surface area (Å²) in [5.41, 5.74) is 7.22. The molecule has 3 rings (SSSR count). The van der Waals surface area contributed by atoms with Crippen molar-refractivity contribution in [2.45, 2.75) is 13.5 Å². The normalized spacial score (nSPS) is 11.2. The van der Waals surface area contributed by atoms with Crippen LogP contribution in [0, 0.1) is 6.92 Å². The molecule has 0 radical (unpaired) electrons. The molecule has 0 bridgehead atoms. The summed E-state index contributed by atoms with van der Waals surface area (Å²) in [5.74, 6) is -0.114. The third kappa shape index (κ3) is 3.42. The summed E-state index contributed by atoms with van der Waals surface area (Å²) in [4.78, 5) is 13.7. The van der Waals surface area contributed by atoms with E-state index in [2.05, 4.69) is 10.4 Å². The average molecular weight is 383 g/mol. The number of rotatable bonds is 5. The number of hydrogen-bond donors (Lipinski definition) is 2. The Morgan fingerprint density at radius 3 is 2.88 bits per heavy atom. The number of thiophene rings is 1. The number of carbonyl (C=O) groups excluding carboxylic acids is 1. The second kappa shape index (κ2) is 7.11. The molecule has 0 aliphatic carbocycles. The summed E-state index contributed by atoms with van der Waals surface area (Å²) >= 11 is 13.6. The van der Waals surface area contributed by atoms with Gasteiger partial charge in [0.15, 0.2) is 0 Å². The molecule has 0 saturated carbocycles. The third-order valence-electron chi connectivity index (χ3n) is 3.60. The molecule has 2 aromatic heterocycles. The molecule has 0 fully saturated rings. The minimum Gasteiger partial charge on any atom is -0.350 e. The third-order valence-corrected chi connectivity index (χ3v) is 5.33. The Morgan fingerprint density at radius 1 is 1.38 bits per heavy atom. The summed E-state index contributed by atoms with van der Waals surface area (Å²) in [6, 6.07) is 7.27. The number of nitrogens with one attached hydrogen (secondary N) is 1. The number of aromatic nitrogens is 2. The lowest BCUT2D eigenvalue weighted by molar-refractivity contribution is 0.0959. The van der Waals surface area contributed by atoms with Gasteiger partial charge in [0.05, 0.1) is 17.1 Å². The quantitative estimate of drug-likeness (QED) is 0.709. The number of aryl methyl sites for hydroxylation is 1. The highest BCUT2D eigenvalue weighted by molar-refractivity contribution is 7.20. The number of amides is 1. The van der Waals surface area contributed by atoms with Crippen molar-refractivity contribution in [1.82, 2.24) is 15.1 Å². The van der Waals surface area contributed by atoms with Gasteiger partial charge in [-0.2, -0.15) is 5.10 Å². The van der Waals surface area contributed by atoms with Gasteiger partial charge in [0.2, 0.25) is 0 Å². The maximum absolute atomic E-state index is 12.1. The van der Waals surface area contributed by atoms with E-state index in [-0.39, 0.29) is 5.91 Å². The largest absolute Gasteiger partial charge is 0.350 e. The van der Waals surface area contributed by atoms with Crippen molar-refractivity contribution >= 4 is 50.7 Å². The zero-order chi connectivity index (χ0) is 17.3. The molecule has 0 aliphatic rings. The molecule has 2 heterocycles. The standard InChI is InChI=1S/C16H16Cl2N4OS/c1-9-12-7-14(15(23)20-5-4-19)24-16(12)22(21-9)8-10-2-3-11(17)6-13(10)18/h2-3,6-7H,4-5,8,19H2,1H3,(H,20,23). The predicted molar refractivity (Wildman–Crippen MR) is 99.3 cm³/mol. The van der Waals surface area contributed by atoms with E-state index in [0.29, 0.717) is 34.6 Å². The van der Waals surface area contributed by atoms with Crippen molar-refractivity contribution in [3.63, 3.8) is 0 Å². The molecule has 0 unspecified atom stereocenters. The van der Waals surface area contributed by atoms with E-state index < -0.39 is 0 Å². The van der Waals surface area contributed by atoms with Crippen LogP contribution in [0.5, 0.6) is 0 Å². The highest BCUT2D eigenvalue weighted by atomic mass is 35.5. The van der Waals surface area contributed by atoms with E-state index in [1.54, 1.807) is 12.1 Å². The van der Waals surface area contributed by atoms with Gasteiger partial charge in [0.1, 0.15) is 4.83 Å². The Hall–Kier alpha value is -1.60. The van der Waals surface area contributed by atoms with Crippen molar-refractivity contribution in [1.29, 1.82) is 0 Å². The summed E-state index contributed by atoms with van der Waals surface area (Å²) in [6.07, 6.45) is 0. The zero-order valence-corrected chi connectivity index (χ0v) is 15.3. The van der Waals surface area contributed by atoms with E-state index in [1.165, 1.54) is 11.3 Å². The van der Waals surface area contributed by atoms with E-state index in [9.17, 15) is 4.79 Å². The van der Waals surface area contributed by atoms with Crippen molar-refractivity contribution in [2.24, 2.45) is 5.73 Å². The lowest BCUT2D eigenvalue weighted by Crippen LogP contribution is -2.28. The lowest BCUT2D eigenvalue weighted by atomic mass is 10.2. The van der Waals surface area contributed by atoms with Crippen LogP contribution in [0.2, 0.25) is 10.0 Å². The number of halogens is 2. The fraction of sp³-hybridized carbons (Fsp3) is 0.250. The topological polar surface area (TPSA) is 72.9 Å². The van der Waals surface area contributed by atoms with Gasteiger partial charge >= 0.3 is 0 Å². The molecule has 24 heavy (non-hydrogen) atoms. The number of fused-ring (bicyclic) bond motifs is 1. The first-order valence-corrected chi connectivity index (χ1v) is 8.96. The fourth-order valence-electron chi connectivity index (χ4n) is 2.42. The van der Waals surface area contributed by atoms with Crippen LogP contribution in [0.4, 0.5) is 0 Å². The Bertz CT molecular complexity index is 903. The maximum atomic E-state index is 12.1. The van der Waals surface area contributed by atoms with Crippen LogP contribution in [0.25, 0.3) is 10.2 Å². The number of nitrogens with two attached hydrogens (primary N) is 1.